The Hall–Kier alpha value is -4.11. The van der Waals surface area contributed by atoms with Gasteiger partial charge < -0.3 is 10.1 Å². The first-order valence-corrected chi connectivity index (χ1v) is 12.7. The predicted molar refractivity (Wildman–Crippen MR) is 148 cm³/mol. The number of allylic oxidation sites excluding steroid dienone is 2. The van der Waals surface area contributed by atoms with E-state index >= 15 is 0 Å². The highest BCUT2D eigenvalue weighted by atomic mass is 16.5. The summed E-state index contributed by atoms with van der Waals surface area (Å²) in [6.07, 6.45) is 7.72. The first kappa shape index (κ1) is 22.4. The van der Waals surface area contributed by atoms with Gasteiger partial charge in [-0.05, 0) is 66.3 Å². The molecule has 3 nitrogen and oxygen atoms in total. The molecule has 0 saturated carbocycles. The minimum absolute atomic E-state index is 0.300. The fourth-order valence-electron chi connectivity index (χ4n) is 5.35. The van der Waals surface area contributed by atoms with E-state index in [2.05, 4.69) is 97.2 Å². The van der Waals surface area contributed by atoms with Crippen molar-refractivity contribution < 1.29 is 4.74 Å². The van der Waals surface area contributed by atoms with E-state index in [1.54, 1.807) is 0 Å². The number of benzene rings is 4. The molecule has 2 aliphatic rings. The van der Waals surface area contributed by atoms with Crippen LogP contribution in [0.2, 0.25) is 0 Å². The van der Waals surface area contributed by atoms with E-state index in [-0.39, 0.29) is 0 Å². The quantitative estimate of drug-likeness (QED) is 0.228. The lowest BCUT2D eigenvalue weighted by molar-refractivity contribution is 0.306. The van der Waals surface area contributed by atoms with E-state index in [1.165, 1.54) is 22.4 Å². The maximum absolute atomic E-state index is 6.11. The van der Waals surface area contributed by atoms with E-state index < -0.39 is 0 Å². The van der Waals surface area contributed by atoms with Crippen LogP contribution in [0.5, 0.6) is 5.75 Å². The number of rotatable bonds is 6. The van der Waals surface area contributed by atoms with E-state index in [1.807, 2.05) is 30.5 Å². The predicted octanol–water partition coefficient (Wildman–Crippen LogP) is 8.15. The van der Waals surface area contributed by atoms with Gasteiger partial charge in [0.25, 0.3) is 0 Å². The number of nitrogens with zero attached hydrogens (tertiary/aromatic N) is 1. The number of hydrogen-bond acceptors (Lipinski definition) is 3. The Kier molecular flexibility index (Phi) is 6.13. The van der Waals surface area contributed by atoms with Gasteiger partial charge in [0.1, 0.15) is 12.4 Å². The molecule has 0 saturated heterocycles. The van der Waals surface area contributed by atoms with Crippen molar-refractivity contribution in [1.82, 2.24) is 0 Å². The Morgan fingerprint density at radius 3 is 2.53 bits per heavy atom. The molecule has 4 aromatic rings. The molecular formula is C33H30N2O. The zero-order valence-electron chi connectivity index (χ0n) is 20.5. The Balaban J connectivity index is 1.17. The molecule has 1 aliphatic heterocycles. The van der Waals surface area contributed by atoms with Crippen LogP contribution in [0.25, 0.3) is 0 Å². The third-order valence-corrected chi connectivity index (χ3v) is 7.31. The molecule has 0 amide bonds. The second-order valence-electron chi connectivity index (χ2n) is 9.72. The van der Waals surface area contributed by atoms with Crippen LogP contribution >= 0.6 is 0 Å². The lowest BCUT2D eigenvalue weighted by Gasteiger charge is -2.37. The molecule has 0 spiro atoms. The van der Waals surface area contributed by atoms with Crippen LogP contribution in [0.15, 0.2) is 114 Å². The average Bonchev–Trinajstić information content (AvgIpc) is 3.42. The molecule has 178 valence electrons. The number of para-hydroxylation sites is 2. The molecule has 0 unspecified atom stereocenters. The molecule has 36 heavy (non-hydrogen) atoms. The van der Waals surface area contributed by atoms with Crippen LogP contribution in [-0.2, 0) is 6.61 Å². The number of anilines is 1. The van der Waals surface area contributed by atoms with Crippen LogP contribution in [0.3, 0.4) is 0 Å². The van der Waals surface area contributed by atoms with Gasteiger partial charge in [0, 0.05) is 23.4 Å². The first-order valence-electron chi connectivity index (χ1n) is 12.7. The fraction of sp³-hybridized carbons (Fsp3) is 0.182. The summed E-state index contributed by atoms with van der Waals surface area (Å²) in [5, 5.41) is 3.81. The minimum atomic E-state index is 0.300. The van der Waals surface area contributed by atoms with Gasteiger partial charge >= 0.3 is 0 Å². The first-order chi connectivity index (χ1) is 17.7. The molecule has 3 atom stereocenters. The molecule has 6 rings (SSSR count). The zero-order chi connectivity index (χ0) is 24.3. The van der Waals surface area contributed by atoms with Crippen LogP contribution < -0.4 is 10.1 Å². The molecule has 0 aromatic heterocycles. The van der Waals surface area contributed by atoms with Crippen LogP contribution in [0.1, 0.15) is 46.2 Å². The third kappa shape index (κ3) is 4.57. The van der Waals surface area contributed by atoms with E-state index in [0.717, 1.165) is 29.0 Å². The fourth-order valence-corrected chi connectivity index (χ4v) is 5.35. The molecule has 3 heteroatoms. The van der Waals surface area contributed by atoms with Crippen molar-refractivity contribution in [3.05, 3.63) is 137 Å². The number of aryl methyl sites for hydroxylation is 1. The van der Waals surface area contributed by atoms with Gasteiger partial charge in [-0.1, -0.05) is 84.4 Å². The number of ether oxygens (including phenoxy) is 1. The Labute approximate surface area is 213 Å². The topological polar surface area (TPSA) is 33.6 Å². The number of aliphatic imine (C=N–C) groups is 1. The summed E-state index contributed by atoms with van der Waals surface area (Å²) in [4.78, 5) is 4.75. The monoisotopic (exact) mass is 470 g/mol. The molecule has 0 bridgehead atoms. The van der Waals surface area contributed by atoms with Gasteiger partial charge in [-0.2, -0.15) is 0 Å². The smallest absolute Gasteiger partial charge is 0.128 e. The molecule has 0 fully saturated rings. The summed E-state index contributed by atoms with van der Waals surface area (Å²) in [5.41, 5.74) is 8.28. The lowest BCUT2D eigenvalue weighted by atomic mass is 9.77. The summed E-state index contributed by atoms with van der Waals surface area (Å²) in [6, 6.07) is 34.2. The molecule has 4 aromatic carbocycles. The normalized spacial score (nSPS) is 20.1. The summed E-state index contributed by atoms with van der Waals surface area (Å²) >= 11 is 0. The van der Waals surface area contributed by atoms with Gasteiger partial charge in [0.2, 0.25) is 0 Å². The summed E-state index contributed by atoms with van der Waals surface area (Å²) in [5.74, 6) is 1.87. The summed E-state index contributed by atoms with van der Waals surface area (Å²) < 4.78 is 6.11. The number of fused-ring (bicyclic) bond motifs is 3. The van der Waals surface area contributed by atoms with Crippen molar-refractivity contribution in [2.45, 2.75) is 31.9 Å². The number of nitrogens with one attached hydrogen (secondary N) is 1. The Bertz CT molecular complexity index is 1400. The lowest BCUT2D eigenvalue weighted by Crippen LogP contribution is -2.28. The SMILES string of the molecule is Cc1ccc(COc2ccccc2C=Nc2ccc([C@@H]3Nc4ccccc4[C@@H]4C=CC[C@H]43)cc2)cc1. The molecule has 1 heterocycles. The molecule has 0 radical (unpaired) electrons. The molecule has 1 N–H and O–H groups in total. The van der Waals surface area contributed by atoms with Gasteiger partial charge in [0.05, 0.1) is 11.7 Å². The van der Waals surface area contributed by atoms with Crippen molar-refractivity contribution in [3.63, 3.8) is 0 Å². The second-order valence-corrected chi connectivity index (χ2v) is 9.72. The van der Waals surface area contributed by atoms with Crippen molar-refractivity contribution in [2.24, 2.45) is 10.9 Å². The van der Waals surface area contributed by atoms with Crippen molar-refractivity contribution in [1.29, 1.82) is 0 Å². The highest BCUT2D eigenvalue weighted by Crippen LogP contribution is 2.49. The minimum Gasteiger partial charge on any atom is -0.488 e. The Morgan fingerprint density at radius 1 is 0.889 bits per heavy atom. The average molecular weight is 471 g/mol. The maximum atomic E-state index is 6.11. The van der Waals surface area contributed by atoms with Crippen LogP contribution in [0.4, 0.5) is 11.4 Å². The van der Waals surface area contributed by atoms with Gasteiger partial charge in [-0.15, -0.1) is 0 Å². The molecule has 1 aliphatic carbocycles. The third-order valence-electron chi connectivity index (χ3n) is 7.31. The summed E-state index contributed by atoms with van der Waals surface area (Å²) in [6.45, 7) is 2.63. The highest BCUT2D eigenvalue weighted by molar-refractivity contribution is 5.85. The van der Waals surface area contributed by atoms with Crippen molar-refractivity contribution >= 4 is 17.6 Å². The van der Waals surface area contributed by atoms with E-state index in [0.29, 0.717) is 24.5 Å². The van der Waals surface area contributed by atoms with Gasteiger partial charge in [-0.25, -0.2) is 0 Å². The van der Waals surface area contributed by atoms with Crippen LogP contribution in [0, 0.1) is 12.8 Å². The van der Waals surface area contributed by atoms with Gasteiger partial charge in [0.15, 0.2) is 0 Å². The zero-order valence-corrected chi connectivity index (χ0v) is 20.5. The highest BCUT2D eigenvalue weighted by Gasteiger charge is 2.37. The van der Waals surface area contributed by atoms with Crippen molar-refractivity contribution in [2.75, 3.05) is 5.32 Å². The molecular weight excluding hydrogens is 440 g/mol. The maximum Gasteiger partial charge on any atom is 0.128 e. The number of hydrogen-bond donors (Lipinski definition) is 1. The standard InChI is InChI=1S/C33H30N2O/c1-23-13-15-24(16-14-23)22-36-32-12-5-2-7-26(32)21-34-27-19-17-25(18-20-27)33-30-10-6-9-28(30)29-8-3-4-11-31(29)35-33/h2-9,11-21,28,30,33,35H,10,22H2,1H3/t28-,30+,33-/m0/s1. The van der Waals surface area contributed by atoms with Gasteiger partial charge in [-0.3, -0.25) is 4.99 Å². The Morgan fingerprint density at radius 2 is 1.67 bits per heavy atom. The van der Waals surface area contributed by atoms with Crippen LogP contribution in [-0.4, -0.2) is 6.21 Å². The largest absolute Gasteiger partial charge is 0.488 e. The second kappa shape index (κ2) is 9.87. The van der Waals surface area contributed by atoms with Crippen molar-refractivity contribution in [3.8, 4) is 5.75 Å². The summed E-state index contributed by atoms with van der Waals surface area (Å²) in [7, 11) is 0. The van der Waals surface area contributed by atoms with E-state index in [9.17, 15) is 0 Å². The van der Waals surface area contributed by atoms with E-state index in [4.69, 9.17) is 9.73 Å².